The fourth-order valence-electron chi connectivity index (χ4n) is 2.56. The number of benzene rings is 1. The normalized spacial score (nSPS) is 20.5. The molecule has 1 N–H and O–H groups in total. The van der Waals surface area contributed by atoms with Crippen LogP contribution in [0.15, 0.2) is 23.1 Å². The molecule has 0 radical (unpaired) electrons. The lowest BCUT2D eigenvalue weighted by atomic mass is 10.1. The van der Waals surface area contributed by atoms with Crippen LogP contribution in [-0.4, -0.2) is 58.9 Å². The number of nitrogens with zero attached hydrogens (tertiary/aromatic N) is 2. The Morgan fingerprint density at radius 1 is 1.48 bits per heavy atom. The quantitative estimate of drug-likeness (QED) is 0.493. The SMILES string of the molecule is COC1CC(C(=O)O)N(C(=O)c2ccc(SC)c([N+](=O)[O-])c2)C1. The van der Waals surface area contributed by atoms with Gasteiger partial charge in [-0.05, 0) is 18.4 Å². The first-order chi connectivity index (χ1) is 10.9. The summed E-state index contributed by atoms with van der Waals surface area (Å²) in [5.74, 6) is -1.67. The van der Waals surface area contributed by atoms with Crippen LogP contribution in [0.2, 0.25) is 0 Å². The molecule has 0 spiro atoms. The Bertz CT molecular complexity index is 650. The number of likely N-dealkylation sites (tertiary alicyclic amines) is 1. The summed E-state index contributed by atoms with van der Waals surface area (Å²) in [5.41, 5.74) is -0.0739. The molecule has 1 aliphatic heterocycles. The lowest BCUT2D eigenvalue weighted by Crippen LogP contribution is -2.40. The van der Waals surface area contributed by atoms with E-state index in [2.05, 4.69) is 0 Å². The summed E-state index contributed by atoms with van der Waals surface area (Å²) in [6, 6.07) is 3.16. The summed E-state index contributed by atoms with van der Waals surface area (Å²) in [6.07, 6.45) is 1.54. The van der Waals surface area contributed by atoms with Crippen molar-refractivity contribution in [1.82, 2.24) is 4.90 Å². The molecule has 0 bridgehead atoms. The van der Waals surface area contributed by atoms with Crippen LogP contribution in [0.4, 0.5) is 5.69 Å². The maximum atomic E-state index is 12.6. The molecule has 2 atom stereocenters. The van der Waals surface area contributed by atoms with Crippen LogP contribution < -0.4 is 0 Å². The van der Waals surface area contributed by atoms with Gasteiger partial charge in [0.15, 0.2) is 0 Å². The Morgan fingerprint density at radius 3 is 2.70 bits per heavy atom. The molecule has 2 unspecified atom stereocenters. The first kappa shape index (κ1) is 17.2. The molecule has 8 nitrogen and oxygen atoms in total. The molecule has 0 aromatic heterocycles. The van der Waals surface area contributed by atoms with Crippen LogP contribution >= 0.6 is 11.8 Å². The van der Waals surface area contributed by atoms with Gasteiger partial charge in [-0.2, -0.15) is 0 Å². The number of carbonyl (C=O) groups excluding carboxylic acids is 1. The number of hydrogen-bond acceptors (Lipinski definition) is 6. The van der Waals surface area contributed by atoms with Gasteiger partial charge in [0, 0.05) is 31.7 Å². The zero-order chi connectivity index (χ0) is 17.1. The van der Waals surface area contributed by atoms with Crippen molar-refractivity contribution in [2.45, 2.75) is 23.5 Å². The van der Waals surface area contributed by atoms with Crippen LogP contribution in [0.1, 0.15) is 16.8 Å². The number of aliphatic carboxylic acids is 1. The topological polar surface area (TPSA) is 110 Å². The van der Waals surface area contributed by atoms with Gasteiger partial charge in [-0.1, -0.05) is 0 Å². The predicted molar refractivity (Wildman–Crippen MR) is 82.8 cm³/mol. The van der Waals surface area contributed by atoms with E-state index in [0.717, 1.165) is 0 Å². The van der Waals surface area contributed by atoms with Gasteiger partial charge in [0.25, 0.3) is 11.6 Å². The summed E-state index contributed by atoms with van der Waals surface area (Å²) in [6.45, 7) is 0.143. The Kier molecular flexibility index (Phi) is 5.22. The van der Waals surface area contributed by atoms with Crippen molar-refractivity contribution in [2.24, 2.45) is 0 Å². The minimum Gasteiger partial charge on any atom is -0.480 e. The zero-order valence-corrected chi connectivity index (χ0v) is 13.4. The smallest absolute Gasteiger partial charge is 0.326 e. The number of methoxy groups -OCH3 is 1. The van der Waals surface area contributed by atoms with Gasteiger partial charge in [0.2, 0.25) is 0 Å². The highest BCUT2D eigenvalue weighted by molar-refractivity contribution is 7.98. The van der Waals surface area contributed by atoms with Crippen molar-refractivity contribution in [2.75, 3.05) is 19.9 Å². The molecule has 1 aromatic rings. The molecule has 0 aliphatic carbocycles. The molecule has 23 heavy (non-hydrogen) atoms. The number of carboxylic acid groups (broad SMARTS) is 1. The lowest BCUT2D eigenvalue weighted by molar-refractivity contribution is -0.387. The highest BCUT2D eigenvalue weighted by Gasteiger charge is 2.40. The largest absolute Gasteiger partial charge is 0.480 e. The van der Waals surface area contributed by atoms with Gasteiger partial charge in [-0.15, -0.1) is 11.8 Å². The Balaban J connectivity index is 2.34. The zero-order valence-electron chi connectivity index (χ0n) is 12.6. The fourth-order valence-corrected chi connectivity index (χ4v) is 3.10. The molecule has 9 heteroatoms. The number of ether oxygens (including phenoxy) is 1. The van der Waals surface area contributed by atoms with E-state index in [1.807, 2.05) is 0 Å². The highest BCUT2D eigenvalue weighted by Crippen LogP contribution is 2.30. The third-order valence-corrected chi connectivity index (χ3v) is 4.55. The first-order valence-corrected chi connectivity index (χ1v) is 8.00. The molecule has 1 aliphatic rings. The number of nitro benzene ring substituents is 1. The third kappa shape index (κ3) is 3.45. The third-order valence-electron chi connectivity index (χ3n) is 3.76. The van der Waals surface area contributed by atoms with E-state index < -0.39 is 22.8 Å². The number of carboxylic acids is 1. The van der Waals surface area contributed by atoms with Gasteiger partial charge < -0.3 is 14.7 Å². The summed E-state index contributed by atoms with van der Waals surface area (Å²) < 4.78 is 5.14. The Labute approximate surface area is 136 Å². The predicted octanol–water partition coefficient (Wildman–Crippen LogP) is 1.63. The minimum absolute atomic E-state index is 0.0949. The standard InChI is InChI=1S/C14H16N2O6S/c1-22-9-6-11(14(18)19)15(7-9)13(17)8-3-4-12(23-2)10(5-8)16(20)21/h3-5,9,11H,6-7H2,1-2H3,(H,18,19). The second-order valence-electron chi connectivity index (χ2n) is 5.05. The number of amides is 1. The van der Waals surface area contributed by atoms with E-state index in [0.29, 0.717) is 4.90 Å². The molecule has 1 fully saturated rings. The Morgan fingerprint density at radius 2 is 2.17 bits per heavy atom. The van der Waals surface area contributed by atoms with Crippen LogP contribution in [0, 0.1) is 10.1 Å². The van der Waals surface area contributed by atoms with Crippen LogP contribution in [-0.2, 0) is 9.53 Å². The Hall–Kier alpha value is -2.13. The van der Waals surface area contributed by atoms with E-state index in [-0.39, 0.29) is 30.3 Å². The van der Waals surface area contributed by atoms with E-state index in [1.54, 1.807) is 6.26 Å². The molecule has 124 valence electrons. The second kappa shape index (κ2) is 6.97. The number of thioether (sulfide) groups is 1. The van der Waals surface area contributed by atoms with Crippen LogP contribution in [0.25, 0.3) is 0 Å². The van der Waals surface area contributed by atoms with Gasteiger partial charge in [0.05, 0.1) is 15.9 Å². The minimum atomic E-state index is -1.12. The summed E-state index contributed by atoms with van der Waals surface area (Å²) in [4.78, 5) is 36.1. The monoisotopic (exact) mass is 340 g/mol. The van der Waals surface area contributed by atoms with Crippen molar-refractivity contribution < 1.29 is 24.4 Å². The van der Waals surface area contributed by atoms with E-state index >= 15 is 0 Å². The second-order valence-corrected chi connectivity index (χ2v) is 5.90. The van der Waals surface area contributed by atoms with E-state index in [9.17, 15) is 24.8 Å². The van der Waals surface area contributed by atoms with Crippen molar-refractivity contribution >= 4 is 29.3 Å². The molecule has 2 rings (SSSR count). The number of hydrogen-bond donors (Lipinski definition) is 1. The van der Waals surface area contributed by atoms with Crippen molar-refractivity contribution in [3.8, 4) is 0 Å². The molecule has 1 amide bonds. The summed E-state index contributed by atoms with van der Waals surface area (Å²) in [7, 11) is 1.45. The van der Waals surface area contributed by atoms with Gasteiger partial charge in [-0.25, -0.2) is 4.79 Å². The van der Waals surface area contributed by atoms with Crippen LogP contribution in [0.5, 0.6) is 0 Å². The average Bonchev–Trinajstić information content (AvgIpc) is 2.98. The highest BCUT2D eigenvalue weighted by atomic mass is 32.2. The summed E-state index contributed by atoms with van der Waals surface area (Å²) in [5, 5.41) is 20.4. The first-order valence-electron chi connectivity index (χ1n) is 6.78. The fraction of sp³-hybridized carbons (Fsp3) is 0.429. The maximum absolute atomic E-state index is 12.6. The van der Waals surface area contributed by atoms with Crippen LogP contribution in [0.3, 0.4) is 0 Å². The van der Waals surface area contributed by atoms with E-state index in [1.165, 1.54) is 42.0 Å². The summed E-state index contributed by atoms with van der Waals surface area (Å²) >= 11 is 1.21. The van der Waals surface area contributed by atoms with Crippen molar-refractivity contribution in [3.05, 3.63) is 33.9 Å². The van der Waals surface area contributed by atoms with Gasteiger partial charge in [-0.3, -0.25) is 14.9 Å². The number of rotatable bonds is 5. The number of carbonyl (C=O) groups is 2. The van der Waals surface area contributed by atoms with E-state index in [4.69, 9.17) is 4.74 Å². The molecule has 1 heterocycles. The molecule has 0 saturated carbocycles. The van der Waals surface area contributed by atoms with Gasteiger partial charge in [0.1, 0.15) is 6.04 Å². The average molecular weight is 340 g/mol. The number of nitro groups is 1. The van der Waals surface area contributed by atoms with Crippen molar-refractivity contribution in [1.29, 1.82) is 0 Å². The van der Waals surface area contributed by atoms with Crippen molar-refractivity contribution in [3.63, 3.8) is 0 Å². The molecule has 1 saturated heterocycles. The molecular formula is C14H16N2O6S. The molecular weight excluding hydrogens is 324 g/mol. The lowest BCUT2D eigenvalue weighted by Gasteiger charge is -2.21. The maximum Gasteiger partial charge on any atom is 0.326 e. The molecule has 1 aromatic carbocycles. The van der Waals surface area contributed by atoms with Gasteiger partial charge >= 0.3 is 5.97 Å².